The minimum atomic E-state index is -0.706. The lowest BCUT2D eigenvalue weighted by atomic mass is 9.73. The first-order valence-corrected chi connectivity index (χ1v) is 9.50. The van der Waals surface area contributed by atoms with E-state index in [4.69, 9.17) is 0 Å². The van der Waals surface area contributed by atoms with Gasteiger partial charge in [-0.2, -0.15) is 0 Å². The van der Waals surface area contributed by atoms with E-state index < -0.39 is 28.1 Å². The number of aliphatic hydroxyl groups is 1. The summed E-state index contributed by atoms with van der Waals surface area (Å²) < 4.78 is 0. The Morgan fingerprint density at radius 2 is 1.52 bits per heavy atom. The number of anilines is 1. The number of hydrogen-bond donors (Lipinski definition) is 1. The molecular weight excluding hydrogens is 366 g/mol. The molecule has 5 heteroatoms. The minimum absolute atomic E-state index is 0.0500. The van der Waals surface area contributed by atoms with Gasteiger partial charge in [-0.1, -0.05) is 56.3 Å². The molecule has 29 heavy (non-hydrogen) atoms. The number of allylic oxidation sites excluding steroid dienone is 1. The summed E-state index contributed by atoms with van der Waals surface area (Å²) in [5.41, 5.74) is 1.39. The maximum atomic E-state index is 13.0. The van der Waals surface area contributed by atoms with Crippen molar-refractivity contribution in [2.45, 2.75) is 25.3 Å². The van der Waals surface area contributed by atoms with Crippen LogP contribution >= 0.6 is 0 Å². The Labute approximate surface area is 167 Å². The number of hydrogen-bond acceptors (Lipinski definition) is 5. The first-order valence-electron chi connectivity index (χ1n) is 9.50. The van der Waals surface area contributed by atoms with E-state index >= 15 is 0 Å². The van der Waals surface area contributed by atoms with Crippen LogP contribution < -0.4 is 15.8 Å². The van der Waals surface area contributed by atoms with Crippen molar-refractivity contribution in [3.05, 3.63) is 96.8 Å². The summed E-state index contributed by atoms with van der Waals surface area (Å²) >= 11 is 0. The zero-order valence-electron chi connectivity index (χ0n) is 16.3. The van der Waals surface area contributed by atoms with Crippen molar-refractivity contribution in [1.29, 1.82) is 0 Å². The van der Waals surface area contributed by atoms with Crippen molar-refractivity contribution < 1.29 is 9.90 Å². The quantitative estimate of drug-likeness (QED) is 0.685. The minimum Gasteiger partial charge on any atom is -0.506 e. The highest BCUT2D eigenvalue weighted by Crippen LogP contribution is 2.52. The number of rotatable bonds is 2. The number of nitrogens with zero attached hydrogens (tertiary/aromatic N) is 1. The Morgan fingerprint density at radius 1 is 0.897 bits per heavy atom. The summed E-state index contributed by atoms with van der Waals surface area (Å²) in [6.45, 7) is 4.06. The molecule has 3 aromatic carbocycles. The van der Waals surface area contributed by atoms with Crippen LogP contribution in [-0.2, 0) is 5.41 Å². The highest BCUT2D eigenvalue weighted by atomic mass is 16.3. The molecule has 1 aliphatic carbocycles. The van der Waals surface area contributed by atoms with Gasteiger partial charge in [-0.05, 0) is 11.6 Å². The van der Waals surface area contributed by atoms with E-state index in [-0.39, 0.29) is 16.9 Å². The molecule has 0 saturated carbocycles. The molecule has 1 unspecified atom stereocenters. The summed E-state index contributed by atoms with van der Waals surface area (Å²) in [6.07, 6.45) is 0. The van der Waals surface area contributed by atoms with Gasteiger partial charge in [0.05, 0.1) is 17.2 Å². The summed E-state index contributed by atoms with van der Waals surface area (Å²) in [4.78, 5) is 40.3. The Hall–Kier alpha value is -3.47. The van der Waals surface area contributed by atoms with Crippen molar-refractivity contribution in [3.8, 4) is 0 Å². The monoisotopic (exact) mass is 385 g/mol. The third-order valence-electron chi connectivity index (χ3n) is 6.41. The summed E-state index contributed by atoms with van der Waals surface area (Å²) in [5, 5.41) is 10.7. The molecule has 0 spiro atoms. The summed E-state index contributed by atoms with van der Waals surface area (Å²) in [7, 11) is 1.89. The second kappa shape index (κ2) is 5.54. The van der Waals surface area contributed by atoms with E-state index in [0.717, 1.165) is 11.3 Å². The number of ketones is 1. The van der Waals surface area contributed by atoms with Gasteiger partial charge in [0.2, 0.25) is 10.9 Å². The van der Waals surface area contributed by atoms with Gasteiger partial charge in [0.15, 0.2) is 5.78 Å². The molecule has 5 nitrogen and oxygen atoms in total. The maximum absolute atomic E-state index is 13.0. The number of aliphatic hydroxyl groups excluding tert-OH is 1. The number of para-hydroxylation sites is 1. The standard InChI is InChI=1S/C24H19NO4/c1-24(2)14-10-6-7-11-15(14)25(3)23(24)18-16(21(28)22(18)29)17-19(26)12-8-4-5-9-13(12)20(17)27/h4-11,23,26H,1-3H3. The Morgan fingerprint density at radius 3 is 2.17 bits per heavy atom. The molecule has 0 aromatic heterocycles. The molecular formula is C24H19NO4. The van der Waals surface area contributed by atoms with Crippen LogP contribution in [0.25, 0.3) is 11.3 Å². The molecule has 0 radical (unpaired) electrons. The van der Waals surface area contributed by atoms with Gasteiger partial charge >= 0.3 is 0 Å². The molecule has 3 aromatic rings. The number of fused-ring (bicyclic) bond motifs is 2. The average Bonchev–Trinajstić information content (AvgIpc) is 3.08. The third-order valence-corrected chi connectivity index (χ3v) is 6.41. The molecule has 0 amide bonds. The van der Waals surface area contributed by atoms with Crippen LogP contribution in [-0.4, -0.2) is 17.9 Å². The van der Waals surface area contributed by atoms with E-state index in [1.165, 1.54) is 0 Å². The van der Waals surface area contributed by atoms with Crippen LogP contribution in [0.5, 0.6) is 0 Å². The van der Waals surface area contributed by atoms with Crippen molar-refractivity contribution in [3.63, 3.8) is 0 Å². The van der Waals surface area contributed by atoms with Crippen molar-refractivity contribution in [2.75, 3.05) is 11.9 Å². The lowest BCUT2D eigenvalue weighted by molar-refractivity contribution is 0.105. The highest BCUT2D eigenvalue weighted by molar-refractivity contribution is 6.39. The fraction of sp³-hybridized carbons (Fsp3) is 0.208. The highest BCUT2D eigenvalue weighted by Gasteiger charge is 2.49. The second-order valence-corrected chi connectivity index (χ2v) is 8.30. The molecule has 0 fully saturated rings. The van der Waals surface area contributed by atoms with Crippen molar-refractivity contribution in [1.82, 2.24) is 0 Å². The Bertz CT molecular complexity index is 1320. The van der Waals surface area contributed by atoms with Gasteiger partial charge in [0.1, 0.15) is 5.76 Å². The van der Waals surface area contributed by atoms with Gasteiger partial charge in [-0.25, -0.2) is 0 Å². The van der Waals surface area contributed by atoms with Crippen LogP contribution in [0.3, 0.4) is 0 Å². The van der Waals surface area contributed by atoms with Crippen LogP contribution in [0.4, 0.5) is 5.69 Å². The normalized spacial score (nSPS) is 19.8. The number of Topliss-reactive ketones (excluding diaryl/α,β-unsaturated/α-hetero) is 1. The van der Waals surface area contributed by atoms with E-state index in [0.29, 0.717) is 16.7 Å². The second-order valence-electron chi connectivity index (χ2n) is 8.30. The molecule has 1 heterocycles. The Kier molecular flexibility index (Phi) is 3.36. The molecule has 5 rings (SSSR count). The lowest BCUT2D eigenvalue weighted by Crippen LogP contribution is -2.47. The number of carbonyl (C=O) groups is 1. The number of benzene rings is 2. The van der Waals surface area contributed by atoms with Gasteiger partial charge in [-0.15, -0.1) is 0 Å². The van der Waals surface area contributed by atoms with E-state index in [2.05, 4.69) is 0 Å². The molecule has 144 valence electrons. The predicted molar refractivity (Wildman–Crippen MR) is 112 cm³/mol. The van der Waals surface area contributed by atoms with Crippen molar-refractivity contribution in [2.24, 2.45) is 0 Å². The average molecular weight is 385 g/mol. The van der Waals surface area contributed by atoms with E-state index in [9.17, 15) is 19.5 Å². The molecule has 1 atom stereocenters. The maximum Gasteiger partial charge on any atom is 0.234 e. The first-order chi connectivity index (χ1) is 13.8. The lowest BCUT2D eigenvalue weighted by Gasteiger charge is -2.34. The molecule has 0 saturated heterocycles. The smallest absolute Gasteiger partial charge is 0.234 e. The molecule has 0 bridgehead atoms. The first kappa shape index (κ1) is 17.6. The van der Waals surface area contributed by atoms with Crippen molar-refractivity contribution >= 4 is 22.8 Å². The number of likely N-dealkylation sites (N-methyl/N-ethyl adjacent to an activating group) is 1. The largest absolute Gasteiger partial charge is 0.506 e. The summed E-state index contributed by atoms with van der Waals surface area (Å²) in [5.74, 6) is -0.641. The zero-order valence-corrected chi connectivity index (χ0v) is 16.3. The molecule has 1 N–H and O–H groups in total. The Balaban J connectivity index is 1.72. The van der Waals surface area contributed by atoms with E-state index in [1.54, 1.807) is 24.3 Å². The zero-order chi connectivity index (χ0) is 20.7. The topological polar surface area (TPSA) is 74.7 Å². The van der Waals surface area contributed by atoms with Gasteiger partial charge < -0.3 is 10.0 Å². The fourth-order valence-corrected chi connectivity index (χ4v) is 5.07. The SMILES string of the molecule is CN1c2ccccc2C(C)(C)C1c1c(C2=C(O)c3ccccc3C2=O)c(=O)c1=O. The molecule has 2 aliphatic rings. The predicted octanol–water partition coefficient (Wildman–Crippen LogP) is 3.37. The van der Waals surface area contributed by atoms with Gasteiger partial charge in [0.25, 0.3) is 0 Å². The molecule has 1 aliphatic heterocycles. The van der Waals surface area contributed by atoms with Crippen LogP contribution in [0.15, 0.2) is 58.1 Å². The fourth-order valence-electron chi connectivity index (χ4n) is 5.07. The van der Waals surface area contributed by atoms with Crippen LogP contribution in [0.2, 0.25) is 0 Å². The number of carbonyl (C=O) groups excluding carboxylic acids is 1. The van der Waals surface area contributed by atoms with Gasteiger partial charge in [-0.3, -0.25) is 14.4 Å². The van der Waals surface area contributed by atoms with E-state index in [1.807, 2.05) is 50.1 Å². The van der Waals surface area contributed by atoms with Crippen LogP contribution in [0.1, 0.15) is 52.5 Å². The van der Waals surface area contributed by atoms with Crippen LogP contribution in [0, 0.1) is 0 Å². The van der Waals surface area contributed by atoms with Gasteiger partial charge in [0, 0.05) is 34.8 Å². The third kappa shape index (κ3) is 2.02. The summed E-state index contributed by atoms with van der Waals surface area (Å²) in [6, 6.07) is 14.2.